The Morgan fingerprint density at radius 3 is 1.78 bits per heavy atom. The second-order valence-electron chi connectivity index (χ2n) is 9.79. The smallest absolute Gasteiger partial charge is 0.0620 e. The molecule has 8 rings (SSSR count). The standard InChI is InChI=1S/C36H23N/c1-3-11-24(12-4-1)31-23-33(26-14-5-2-6-15-26)37-34-22-28-17-8-7-16-27(28)21-32(34)35-29-18-10-9-13-25(29)19-20-30(35)36(31)37/h1-23H. The summed E-state index contributed by atoms with van der Waals surface area (Å²) in [6, 6.07) is 50.8. The van der Waals surface area contributed by atoms with E-state index in [1.807, 2.05) is 0 Å². The Bertz CT molecular complexity index is 2060. The Labute approximate surface area is 214 Å². The number of fused-ring (bicyclic) bond motifs is 9. The van der Waals surface area contributed by atoms with Gasteiger partial charge in [-0.15, -0.1) is 0 Å². The molecule has 0 aliphatic carbocycles. The lowest BCUT2D eigenvalue weighted by molar-refractivity contribution is 1.29. The highest BCUT2D eigenvalue weighted by Gasteiger charge is 2.20. The zero-order valence-corrected chi connectivity index (χ0v) is 20.2. The molecule has 172 valence electrons. The van der Waals surface area contributed by atoms with Crippen LogP contribution in [-0.2, 0) is 0 Å². The van der Waals surface area contributed by atoms with Gasteiger partial charge in [0.05, 0.1) is 16.7 Å². The minimum absolute atomic E-state index is 1.21. The number of benzene rings is 6. The van der Waals surface area contributed by atoms with Crippen LogP contribution in [0.4, 0.5) is 0 Å². The molecule has 0 unspecified atom stereocenters. The van der Waals surface area contributed by atoms with E-state index >= 15 is 0 Å². The van der Waals surface area contributed by atoms with E-state index in [2.05, 4.69) is 144 Å². The highest BCUT2D eigenvalue weighted by molar-refractivity contribution is 6.27. The average Bonchev–Trinajstić information content (AvgIpc) is 3.38. The fraction of sp³-hybridized carbons (Fsp3) is 0. The van der Waals surface area contributed by atoms with Gasteiger partial charge < -0.3 is 4.40 Å². The molecule has 0 amide bonds. The van der Waals surface area contributed by atoms with Crippen molar-refractivity contribution in [3.05, 3.63) is 140 Å². The molecule has 0 fully saturated rings. The molecule has 0 aliphatic rings. The van der Waals surface area contributed by atoms with Crippen molar-refractivity contribution in [2.24, 2.45) is 0 Å². The second kappa shape index (κ2) is 7.81. The van der Waals surface area contributed by atoms with Crippen LogP contribution in [0.2, 0.25) is 0 Å². The van der Waals surface area contributed by atoms with Gasteiger partial charge in [-0.25, -0.2) is 0 Å². The molecule has 2 aromatic heterocycles. The van der Waals surface area contributed by atoms with Crippen molar-refractivity contribution < 1.29 is 0 Å². The van der Waals surface area contributed by atoms with Gasteiger partial charge in [0.1, 0.15) is 0 Å². The van der Waals surface area contributed by atoms with Crippen LogP contribution >= 0.6 is 0 Å². The Morgan fingerprint density at radius 1 is 0.405 bits per heavy atom. The summed E-state index contributed by atoms with van der Waals surface area (Å²) in [4.78, 5) is 0. The van der Waals surface area contributed by atoms with Crippen LogP contribution in [-0.4, -0.2) is 4.40 Å². The summed E-state index contributed by atoms with van der Waals surface area (Å²) in [7, 11) is 0. The highest BCUT2D eigenvalue weighted by Crippen LogP contribution is 2.43. The van der Waals surface area contributed by atoms with Gasteiger partial charge >= 0.3 is 0 Å². The van der Waals surface area contributed by atoms with Gasteiger partial charge in [0.25, 0.3) is 0 Å². The molecule has 1 nitrogen and oxygen atoms in total. The van der Waals surface area contributed by atoms with Gasteiger partial charge in [-0.05, 0) is 50.9 Å². The predicted octanol–water partition coefficient (Wildman–Crippen LogP) is 9.89. The average molecular weight is 470 g/mol. The van der Waals surface area contributed by atoms with Gasteiger partial charge in [0.2, 0.25) is 0 Å². The van der Waals surface area contributed by atoms with Crippen LogP contribution in [0.3, 0.4) is 0 Å². The molecule has 8 aromatic rings. The molecule has 0 atom stereocenters. The molecule has 0 bridgehead atoms. The summed E-state index contributed by atoms with van der Waals surface area (Å²) >= 11 is 0. The molecule has 2 heterocycles. The first-order chi connectivity index (χ1) is 18.4. The normalized spacial score (nSPS) is 11.8. The molecule has 0 aliphatic heterocycles. The number of hydrogen-bond acceptors (Lipinski definition) is 0. The van der Waals surface area contributed by atoms with Crippen molar-refractivity contribution >= 4 is 48.7 Å². The van der Waals surface area contributed by atoms with Crippen molar-refractivity contribution in [2.45, 2.75) is 0 Å². The predicted molar refractivity (Wildman–Crippen MR) is 158 cm³/mol. The van der Waals surface area contributed by atoms with E-state index in [0.29, 0.717) is 0 Å². The molecule has 1 heteroatoms. The van der Waals surface area contributed by atoms with E-state index in [1.165, 1.54) is 71.1 Å². The molecular weight excluding hydrogens is 446 g/mol. The molecule has 0 N–H and O–H groups in total. The highest BCUT2D eigenvalue weighted by atomic mass is 14.9. The second-order valence-corrected chi connectivity index (χ2v) is 9.79. The first-order valence-corrected chi connectivity index (χ1v) is 12.8. The fourth-order valence-corrected chi connectivity index (χ4v) is 6.06. The van der Waals surface area contributed by atoms with Crippen LogP contribution in [0, 0.1) is 0 Å². The van der Waals surface area contributed by atoms with Crippen molar-refractivity contribution in [3.63, 3.8) is 0 Å². The molecule has 0 saturated heterocycles. The Hall–Kier alpha value is -4.88. The van der Waals surface area contributed by atoms with E-state index in [0.717, 1.165) is 0 Å². The van der Waals surface area contributed by atoms with Crippen LogP contribution in [0.1, 0.15) is 0 Å². The number of hydrogen-bond donors (Lipinski definition) is 0. The van der Waals surface area contributed by atoms with Gasteiger partial charge in [0, 0.05) is 21.7 Å². The van der Waals surface area contributed by atoms with E-state index in [-0.39, 0.29) is 0 Å². The summed E-state index contributed by atoms with van der Waals surface area (Å²) in [5.74, 6) is 0. The molecule has 0 saturated carbocycles. The van der Waals surface area contributed by atoms with Crippen molar-refractivity contribution in [3.8, 4) is 22.4 Å². The molecule has 0 radical (unpaired) electrons. The third-order valence-electron chi connectivity index (χ3n) is 7.71. The Morgan fingerprint density at radius 2 is 1.03 bits per heavy atom. The SMILES string of the molecule is c1ccc(-c2cc(-c3ccccc3)n3c4cc5ccccc5cc4c4c5ccccc5ccc4c23)cc1. The third-order valence-corrected chi connectivity index (χ3v) is 7.71. The summed E-state index contributed by atoms with van der Waals surface area (Å²) < 4.78 is 2.50. The fourth-order valence-electron chi connectivity index (χ4n) is 6.06. The maximum Gasteiger partial charge on any atom is 0.0620 e. The van der Waals surface area contributed by atoms with Gasteiger partial charge in [-0.1, -0.05) is 121 Å². The van der Waals surface area contributed by atoms with Crippen molar-refractivity contribution in [1.29, 1.82) is 0 Å². The zero-order valence-electron chi connectivity index (χ0n) is 20.2. The van der Waals surface area contributed by atoms with Gasteiger partial charge in [-0.2, -0.15) is 0 Å². The van der Waals surface area contributed by atoms with E-state index in [1.54, 1.807) is 0 Å². The number of rotatable bonds is 2. The topological polar surface area (TPSA) is 4.41 Å². The number of pyridine rings is 1. The lowest BCUT2D eigenvalue weighted by Crippen LogP contribution is -1.95. The first-order valence-electron chi connectivity index (χ1n) is 12.8. The third kappa shape index (κ3) is 2.98. The molecule has 37 heavy (non-hydrogen) atoms. The molecule has 6 aromatic carbocycles. The Balaban J connectivity index is 1.70. The van der Waals surface area contributed by atoms with Crippen LogP contribution in [0.5, 0.6) is 0 Å². The zero-order chi connectivity index (χ0) is 24.3. The summed E-state index contributed by atoms with van der Waals surface area (Å²) in [5.41, 5.74) is 7.41. The maximum absolute atomic E-state index is 2.50. The number of aromatic nitrogens is 1. The van der Waals surface area contributed by atoms with Gasteiger partial charge in [-0.3, -0.25) is 0 Å². The van der Waals surface area contributed by atoms with Crippen LogP contribution in [0.25, 0.3) is 71.1 Å². The lowest BCUT2D eigenvalue weighted by atomic mass is 9.95. The Kier molecular flexibility index (Phi) is 4.29. The maximum atomic E-state index is 2.50. The summed E-state index contributed by atoms with van der Waals surface area (Å²) in [6.45, 7) is 0. The van der Waals surface area contributed by atoms with E-state index < -0.39 is 0 Å². The minimum atomic E-state index is 1.21. The summed E-state index contributed by atoms with van der Waals surface area (Å²) in [6.07, 6.45) is 0. The van der Waals surface area contributed by atoms with Crippen LogP contribution < -0.4 is 0 Å². The first kappa shape index (κ1) is 20.3. The quantitative estimate of drug-likeness (QED) is 0.175. The molecular formula is C36H23N. The molecule has 0 spiro atoms. The van der Waals surface area contributed by atoms with Crippen molar-refractivity contribution in [2.75, 3.05) is 0 Å². The van der Waals surface area contributed by atoms with Crippen LogP contribution in [0.15, 0.2) is 140 Å². The summed E-state index contributed by atoms with van der Waals surface area (Å²) in [5, 5.41) is 8.97. The van der Waals surface area contributed by atoms with E-state index in [9.17, 15) is 0 Å². The minimum Gasteiger partial charge on any atom is -0.308 e. The number of nitrogens with zero attached hydrogens (tertiary/aromatic N) is 1. The largest absolute Gasteiger partial charge is 0.308 e. The van der Waals surface area contributed by atoms with E-state index in [4.69, 9.17) is 0 Å². The van der Waals surface area contributed by atoms with Gasteiger partial charge in [0.15, 0.2) is 0 Å². The monoisotopic (exact) mass is 469 g/mol. The van der Waals surface area contributed by atoms with Crippen molar-refractivity contribution in [1.82, 2.24) is 4.40 Å². The lowest BCUT2D eigenvalue weighted by Gasteiger charge is -2.16.